The van der Waals surface area contributed by atoms with Crippen LogP contribution in [0.3, 0.4) is 0 Å². The number of morpholine rings is 1. The van der Waals surface area contributed by atoms with Gasteiger partial charge in [-0.3, -0.25) is 14.4 Å². The van der Waals surface area contributed by atoms with Crippen molar-refractivity contribution in [2.24, 2.45) is 7.05 Å². The minimum atomic E-state index is -0.225. The molecule has 0 bridgehead atoms. The number of aryl methyl sites for hydroxylation is 1. The number of amides is 2. The molecule has 142 valence electrons. The van der Waals surface area contributed by atoms with Crippen LogP contribution in [-0.2, 0) is 21.4 Å². The van der Waals surface area contributed by atoms with E-state index in [-0.39, 0.29) is 35.8 Å². The average Bonchev–Trinajstić information content (AvgIpc) is 2.65. The summed E-state index contributed by atoms with van der Waals surface area (Å²) in [5.74, 6) is 0.269. The molecule has 9 nitrogen and oxygen atoms in total. The van der Waals surface area contributed by atoms with Crippen LogP contribution in [0.2, 0.25) is 0 Å². The van der Waals surface area contributed by atoms with E-state index in [1.165, 1.54) is 4.57 Å². The first kappa shape index (κ1) is 18.4. The van der Waals surface area contributed by atoms with Crippen LogP contribution in [-0.4, -0.2) is 76.6 Å². The second-order valence-corrected chi connectivity index (χ2v) is 6.68. The molecule has 26 heavy (non-hydrogen) atoms. The minimum absolute atomic E-state index is 0.0534. The Labute approximate surface area is 151 Å². The fraction of sp³-hybridized carbons (Fsp3) is 0.647. The molecule has 3 heterocycles. The lowest BCUT2D eigenvalue weighted by Gasteiger charge is -2.35. The van der Waals surface area contributed by atoms with Crippen LogP contribution in [0.25, 0.3) is 0 Å². The largest absolute Gasteiger partial charge is 0.373 e. The number of nitrogens with one attached hydrogen (secondary N) is 1. The summed E-state index contributed by atoms with van der Waals surface area (Å²) in [6, 6.07) is 0. The number of hydrogen-bond donors (Lipinski definition) is 1. The molecule has 2 amide bonds. The number of piperidine rings is 1. The van der Waals surface area contributed by atoms with Crippen LogP contribution in [0, 0.1) is 0 Å². The van der Waals surface area contributed by atoms with E-state index in [0.717, 1.165) is 12.8 Å². The second-order valence-electron chi connectivity index (χ2n) is 6.68. The van der Waals surface area contributed by atoms with Gasteiger partial charge in [0.05, 0.1) is 19.3 Å². The highest BCUT2D eigenvalue weighted by Gasteiger charge is 2.27. The number of anilines is 1. The molecule has 1 aromatic heterocycles. The van der Waals surface area contributed by atoms with Gasteiger partial charge in [-0.1, -0.05) is 0 Å². The summed E-state index contributed by atoms with van der Waals surface area (Å²) in [6.07, 6.45) is 5.30. The van der Waals surface area contributed by atoms with Gasteiger partial charge in [0.15, 0.2) is 5.82 Å². The second kappa shape index (κ2) is 8.31. The maximum atomic E-state index is 12.5. The van der Waals surface area contributed by atoms with Crippen molar-refractivity contribution in [2.75, 3.05) is 44.6 Å². The van der Waals surface area contributed by atoms with Crippen LogP contribution < -0.4 is 10.9 Å². The van der Waals surface area contributed by atoms with Crippen LogP contribution in [0.1, 0.15) is 19.3 Å². The summed E-state index contributed by atoms with van der Waals surface area (Å²) in [7, 11) is 1.66. The van der Waals surface area contributed by atoms with Gasteiger partial charge >= 0.3 is 0 Å². The zero-order valence-electron chi connectivity index (χ0n) is 15.0. The van der Waals surface area contributed by atoms with Gasteiger partial charge in [-0.05, 0) is 12.8 Å². The van der Waals surface area contributed by atoms with E-state index < -0.39 is 0 Å². The smallest absolute Gasteiger partial charge is 0.293 e. The van der Waals surface area contributed by atoms with Gasteiger partial charge in [-0.25, -0.2) is 4.98 Å². The standard InChI is InChI=1S/C17H25N5O4/c1-20-7-5-18-16(17(20)25)19-10-13-11-22(8-9-26-13)15(24)12-21-6-3-2-4-14(21)23/h5,7,13H,2-4,6,8-12H2,1H3,(H,18,19)/t13-/m0/s1. The van der Waals surface area contributed by atoms with Crippen molar-refractivity contribution in [1.29, 1.82) is 0 Å². The van der Waals surface area contributed by atoms with Crippen molar-refractivity contribution in [3.63, 3.8) is 0 Å². The highest BCUT2D eigenvalue weighted by molar-refractivity contribution is 5.85. The highest BCUT2D eigenvalue weighted by Crippen LogP contribution is 2.12. The van der Waals surface area contributed by atoms with Crippen molar-refractivity contribution >= 4 is 17.6 Å². The Kier molecular flexibility index (Phi) is 5.87. The lowest BCUT2D eigenvalue weighted by atomic mass is 10.1. The van der Waals surface area contributed by atoms with E-state index >= 15 is 0 Å². The van der Waals surface area contributed by atoms with Crippen molar-refractivity contribution in [3.8, 4) is 0 Å². The van der Waals surface area contributed by atoms with Crippen LogP contribution in [0.4, 0.5) is 5.82 Å². The summed E-state index contributed by atoms with van der Waals surface area (Å²) in [6.45, 7) is 2.57. The van der Waals surface area contributed by atoms with Gasteiger partial charge in [0.25, 0.3) is 5.56 Å². The predicted molar refractivity (Wildman–Crippen MR) is 94.7 cm³/mol. The van der Waals surface area contributed by atoms with Crippen LogP contribution in [0.15, 0.2) is 17.2 Å². The third-order valence-corrected chi connectivity index (χ3v) is 4.75. The van der Waals surface area contributed by atoms with Crippen molar-refractivity contribution < 1.29 is 14.3 Å². The summed E-state index contributed by atoms with van der Waals surface area (Å²) >= 11 is 0. The number of rotatable bonds is 5. The fourth-order valence-electron chi connectivity index (χ4n) is 3.19. The lowest BCUT2D eigenvalue weighted by Crippen LogP contribution is -2.52. The molecular formula is C17H25N5O4. The number of hydrogen-bond acceptors (Lipinski definition) is 6. The molecule has 9 heteroatoms. The molecule has 2 aliphatic rings. The summed E-state index contributed by atoms with van der Waals surface area (Å²) < 4.78 is 7.13. The predicted octanol–water partition coefficient (Wildman–Crippen LogP) is -0.568. The average molecular weight is 363 g/mol. The van der Waals surface area contributed by atoms with Gasteiger partial charge < -0.3 is 24.4 Å². The zero-order valence-corrected chi connectivity index (χ0v) is 15.0. The Morgan fingerprint density at radius 1 is 1.35 bits per heavy atom. The maximum Gasteiger partial charge on any atom is 0.293 e. The van der Waals surface area contributed by atoms with Gasteiger partial charge in [-0.2, -0.15) is 0 Å². The Morgan fingerprint density at radius 3 is 3.00 bits per heavy atom. The Hall–Kier alpha value is -2.42. The topological polar surface area (TPSA) is 96.8 Å². The molecule has 2 fully saturated rings. The molecule has 2 saturated heterocycles. The van der Waals surface area contributed by atoms with E-state index in [2.05, 4.69) is 10.3 Å². The lowest BCUT2D eigenvalue weighted by molar-refractivity contribution is -0.145. The quantitative estimate of drug-likeness (QED) is 0.753. The molecule has 3 rings (SSSR count). The molecule has 0 unspecified atom stereocenters. The molecule has 1 aromatic rings. The maximum absolute atomic E-state index is 12.5. The number of carbonyl (C=O) groups is 2. The monoisotopic (exact) mass is 363 g/mol. The molecule has 0 spiro atoms. The van der Waals surface area contributed by atoms with Crippen molar-refractivity contribution in [1.82, 2.24) is 19.4 Å². The van der Waals surface area contributed by atoms with Crippen LogP contribution in [0.5, 0.6) is 0 Å². The summed E-state index contributed by atoms with van der Waals surface area (Å²) in [5, 5.41) is 3.00. The van der Waals surface area contributed by atoms with Crippen LogP contribution >= 0.6 is 0 Å². The van der Waals surface area contributed by atoms with Gasteiger partial charge in [0.2, 0.25) is 11.8 Å². The molecule has 2 aliphatic heterocycles. The van der Waals surface area contributed by atoms with Crippen molar-refractivity contribution in [3.05, 3.63) is 22.7 Å². The Morgan fingerprint density at radius 2 is 2.19 bits per heavy atom. The number of nitrogens with zero attached hydrogens (tertiary/aromatic N) is 4. The highest BCUT2D eigenvalue weighted by atomic mass is 16.5. The minimum Gasteiger partial charge on any atom is -0.373 e. The van der Waals surface area contributed by atoms with E-state index in [1.54, 1.807) is 29.2 Å². The van der Waals surface area contributed by atoms with E-state index in [0.29, 0.717) is 39.2 Å². The third kappa shape index (κ3) is 4.40. The van der Waals surface area contributed by atoms with E-state index in [4.69, 9.17) is 4.74 Å². The Bertz CT molecular complexity index is 719. The molecule has 1 N–H and O–H groups in total. The summed E-state index contributed by atoms with van der Waals surface area (Å²) in [4.78, 5) is 43.8. The van der Waals surface area contributed by atoms with E-state index in [1.807, 2.05) is 0 Å². The molecule has 0 radical (unpaired) electrons. The van der Waals surface area contributed by atoms with E-state index in [9.17, 15) is 14.4 Å². The number of aromatic nitrogens is 2. The zero-order chi connectivity index (χ0) is 18.5. The van der Waals surface area contributed by atoms with Gasteiger partial charge in [-0.15, -0.1) is 0 Å². The first-order valence-corrected chi connectivity index (χ1v) is 8.97. The molecule has 1 atom stereocenters. The molecule has 0 saturated carbocycles. The Balaban J connectivity index is 1.52. The summed E-state index contributed by atoms with van der Waals surface area (Å²) in [5.41, 5.74) is -0.208. The van der Waals surface area contributed by atoms with Crippen molar-refractivity contribution in [2.45, 2.75) is 25.4 Å². The fourth-order valence-corrected chi connectivity index (χ4v) is 3.19. The van der Waals surface area contributed by atoms with Gasteiger partial charge in [0.1, 0.15) is 0 Å². The number of carbonyl (C=O) groups excluding carboxylic acids is 2. The first-order valence-electron chi connectivity index (χ1n) is 8.97. The number of ether oxygens (including phenoxy) is 1. The molecule has 0 aromatic carbocycles. The first-order chi connectivity index (χ1) is 12.5. The molecular weight excluding hydrogens is 338 g/mol. The SMILES string of the molecule is Cn1ccnc(NC[C@H]2CN(C(=O)CN3CCCCC3=O)CCO2)c1=O. The third-order valence-electron chi connectivity index (χ3n) is 4.75. The molecule has 0 aliphatic carbocycles. The van der Waals surface area contributed by atoms with Gasteiger partial charge in [0, 0.05) is 52.0 Å². The normalized spacial score (nSPS) is 21.0. The number of likely N-dealkylation sites (tertiary alicyclic amines) is 1.